The summed E-state index contributed by atoms with van der Waals surface area (Å²) in [5.41, 5.74) is 2.80. The first-order chi connectivity index (χ1) is 8.16. The summed E-state index contributed by atoms with van der Waals surface area (Å²) < 4.78 is 0. The predicted octanol–water partition coefficient (Wildman–Crippen LogP) is 1.46. The molecule has 0 bridgehead atoms. The van der Waals surface area contributed by atoms with E-state index in [1.165, 1.54) is 19.3 Å². The maximum absolute atomic E-state index is 11.3. The van der Waals surface area contributed by atoms with E-state index in [1.807, 2.05) is 13.8 Å². The lowest BCUT2D eigenvalue weighted by molar-refractivity contribution is 0.381. The van der Waals surface area contributed by atoms with Crippen LogP contribution >= 0.6 is 0 Å². The third kappa shape index (κ3) is 3.16. The highest BCUT2D eigenvalue weighted by Gasteiger charge is 2.13. The van der Waals surface area contributed by atoms with E-state index in [0.717, 1.165) is 36.3 Å². The van der Waals surface area contributed by atoms with Crippen molar-refractivity contribution < 1.29 is 0 Å². The summed E-state index contributed by atoms with van der Waals surface area (Å²) >= 11 is 0. The molecule has 1 aliphatic heterocycles. The van der Waals surface area contributed by atoms with E-state index in [9.17, 15) is 4.79 Å². The molecule has 0 saturated carbocycles. The molecule has 4 nitrogen and oxygen atoms in total. The molecule has 4 heteroatoms. The summed E-state index contributed by atoms with van der Waals surface area (Å²) in [6, 6.07) is 0.601. The highest BCUT2D eigenvalue weighted by atomic mass is 16.1. The fourth-order valence-corrected chi connectivity index (χ4v) is 2.43. The molecule has 2 N–H and O–H groups in total. The van der Waals surface area contributed by atoms with E-state index >= 15 is 0 Å². The third-order valence-electron chi connectivity index (χ3n) is 3.67. The number of rotatable bonds is 3. The Balaban J connectivity index is 2.00. The standard InChI is InChI=1S/C13H21N3O/c1-9-10(2)15-13(17)16-12(9)7-6-11-5-3-4-8-14-11/h11,14H,3-8H2,1-2H3,(H,15,16,17). The molecule has 1 saturated heterocycles. The molecular formula is C13H21N3O. The van der Waals surface area contributed by atoms with Crippen LogP contribution in [0.2, 0.25) is 0 Å². The van der Waals surface area contributed by atoms with Gasteiger partial charge in [-0.15, -0.1) is 0 Å². The summed E-state index contributed by atoms with van der Waals surface area (Å²) in [7, 11) is 0. The highest BCUT2D eigenvalue weighted by Crippen LogP contribution is 2.14. The molecular weight excluding hydrogens is 214 g/mol. The zero-order valence-electron chi connectivity index (χ0n) is 10.7. The molecule has 1 aromatic rings. The van der Waals surface area contributed by atoms with E-state index in [-0.39, 0.29) is 5.69 Å². The largest absolute Gasteiger partial charge is 0.345 e. The van der Waals surface area contributed by atoms with Crippen molar-refractivity contribution in [2.45, 2.75) is 52.0 Å². The number of hydrogen-bond acceptors (Lipinski definition) is 3. The summed E-state index contributed by atoms with van der Waals surface area (Å²) in [5, 5.41) is 3.52. The van der Waals surface area contributed by atoms with E-state index in [0.29, 0.717) is 6.04 Å². The molecule has 94 valence electrons. The molecule has 1 aromatic heterocycles. The van der Waals surface area contributed by atoms with Crippen molar-refractivity contribution in [2.75, 3.05) is 6.54 Å². The molecule has 2 rings (SSSR count). The molecule has 0 radical (unpaired) electrons. The van der Waals surface area contributed by atoms with Crippen molar-refractivity contribution in [2.24, 2.45) is 0 Å². The lowest BCUT2D eigenvalue weighted by Gasteiger charge is -2.23. The van der Waals surface area contributed by atoms with Crippen LogP contribution in [0.15, 0.2) is 4.79 Å². The van der Waals surface area contributed by atoms with Gasteiger partial charge in [-0.2, -0.15) is 4.98 Å². The average Bonchev–Trinajstić information content (AvgIpc) is 2.33. The van der Waals surface area contributed by atoms with Gasteiger partial charge in [0.15, 0.2) is 0 Å². The predicted molar refractivity (Wildman–Crippen MR) is 68.3 cm³/mol. The number of piperidine rings is 1. The van der Waals surface area contributed by atoms with E-state index in [4.69, 9.17) is 0 Å². The Morgan fingerprint density at radius 3 is 2.88 bits per heavy atom. The average molecular weight is 235 g/mol. The molecule has 0 aliphatic carbocycles. The van der Waals surface area contributed by atoms with E-state index < -0.39 is 0 Å². The molecule has 1 atom stereocenters. The van der Waals surface area contributed by atoms with Crippen molar-refractivity contribution in [3.05, 3.63) is 27.4 Å². The Kier molecular flexibility index (Phi) is 3.94. The third-order valence-corrected chi connectivity index (χ3v) is 3.67. The quantitative estimate of drug-likeness (QED) is 0.834. The molecule has 1 unspecified atom stereocenters. The second-order valence-corrected chi connectivity index (χ2v) is 4.92. The monoisotopic (exact) mass is 235 g/mol. The normalized spacial score (nSPS) is 20.5. The van der Waals surface area contributed by atoms with Crippen LogP contribution in [0, 0.1) is 13.8 Å². The van der Waals surface area contributed by atoms with Crippen molar-refractivity contribution >= 4 is 0 Å². The van der Waals surface area contributed by atoms with Gasteiger partial charge in [0.05, 0.1) is 5.69 Å². The van der Waals surface area contributed by atoms with Gasteiger partial charge in [-0.25, -0.2) is 4.79 Å². The number of nitrogens with one attached hydrogen (secondary N) is 2. The van der Waals surface area contributed by atoms with Gasteiger partial charge < -0.3 is 10.3 Å². The molecule has 0 amide bonds. The van der Waals surface area contributed by atoms with Crippen LogP contribution in [0.3, 0.4) is 0 Å². The van der Waals surface area contributed by atoms with E-state index in [1.54, 1.807) is 0 Å². The smallest absolute Gasteiger partial charge is 0.314 e. The Hall–Kier alpha value is -1.16. The fraction of sp³-hybridized carbons (Fsp3) is 0.692. The molecule has 1 fully saturated rings. The number of aryl methyl sites for hydroxylation is 2. The Morgan fingerprint density at radius 2 is 2.18 bits per heavy atom. The van der Waals surface area contributed by atoms with Gasteiger partial charge in [0.1, 0.15) is 0 Å². The zero-order valence-corrected chi connectivity index (χ0v) is 10.7. The Morgan fingerprint density at radius 1 is 1.35 bits per heavy atom. The molecule has 0 aromatic carbocycles. The second kappa shape index (κ2) is 5.45. The van der Waals surface area contributed by atoms with Crippen LogP contribution in [0.1, 0.15) is 42.6 Å². The van der Waals surface area contributed by atoms with Crippen molar-refractivity contribution in [1.29, 1.82) is 0 Å². The minimum atomic E-state index is -0.222. The Bertz CT molecular complexity index is 433. The minimum Gasteiger partial charge on any atom is -0.314 e. The van der Waals surface area contributed by atoms with Crippen molar-refractivity contribution in [3.8, 4) is 0 Å². The van der Waals surface area contributed by atoms with Gasteiger partial charge >= 0.3 is 5.69 Å². The zero-order chi connectivity index (χ0) is 12.3. The van der Waals surface area contributed by atoms with E-state index in [2.05, 4.69) is 15.3 Å². The number of aromatic amines is 1. The van der Waals surface area contributed by atoms with Crippen molar-refractivity contribution in [3.63, 3.8) is 0 Å². The minimum absolute atomic E-state index is 0.222. The van der Waals surface area contributed by atoms with Gasteiger partial charge in [-0.1, -0.05) is 6.42 Å². The van der Waals surface area contributed by atoms with Crippen LogP contribution in [-0.4, -0.2) is 22.6 Å². The number of nitrogens with zero attached hydrogens (tertiary/aromatic N) is 1. The van der Waals surface area contributed by atoms with Crippen LogP contribution in [0.4, 0.5) is 0 Å². The first kappa shape index (κ1) is 12.3. The fourth-order valence-electron chi connectivity index (χ4n) is 2.43. The maximum Gasteiger partial charge on any atom is 0.345 e. The van der Waals surface area contributed by atoms with Crippen molar-refractivity contribution in [1.82, 2.24) is 15.3 Å². The van der Waals surface area contributed by atoms with Crippen LogP contribution in [0.5, 0.6) is 0 Å². The summed E-state index contributed by atoms with van der Waals surface area (Å²) in [6.07, 6.45) is 5.84. The molecule has 17 heavy (non-hydrogen) atoms. The summed E-state index contributed by atoms with van der Waals surface area (Å²) in [5.74, 6) is 0. The van der Waals surface area contributed by atoms with Crippen LogP contribution in [-0.2, 0) is 6.42 Å². The first-order valence-corrected chi connectivity index (χ1v) is 6.46. The SMILES string of the molecule is Cc1[nH]c(=O)nc(CCC2CCCCN2)c1C. The maximum atomic E-state index is 11.3. The number of hydrogen-bond donors (Lipinski definition) is 2. The summed E-state index contributed by atoms with van der Waals surface area (Å²) in [4.78, 5) is 18.1. The van der Waals surface area contributed by atoms with Gasteiger partial charge in [0.25, 0.3) is 0 Å². The van der Waals surface area contributed by atoms with Gasteiger partial charge in [-0.3, -0.25) is 0 Å². The topological polar surface area (TPSA) is 57.8 Å². The number of H-pyrrole nitrogens is 1. The summed E-state index contributed by atoms with van der Waals surface area (Å²) in [6.45, 7) is 5.09. The number of aromatic nitrogens is 2. The van der Waals surface area contributed by atoms with Crippen LogP contribution in [0.25, 0.3) is 0 Å². The lowest BCUT2D eigenvalue weighted by Crippen LogP contribution is -2.34. The van der Waals surface area contributed by atoms with Gasteiger partial charge in [0, 0.05) is 11.7 Å². The van der Waals surface area contributed by atoms with Gasteiger partial charge in [0.2, 0.25) is 0 Å². The molecule has 2 heterocycles. The lowest BCUT2D eigenvalue weighted by atomic mass is 9.98. The Labute approximate surface area is 102 Å². The van der Waals surface area contributed by atoms with Crippen LogP contribution < -0.4 is 11.0 Å². The second-order valence-electron chi connectivity index (χ2n) is 4.92. The highest BCUT2D eigenvalue weighted by molar-refractivity contribution is 5.21. The first-order valence-electron chi connectivity index (χ1n) is 6.46. The van der Waals surface area contributed by atoms with Gasteiger partial charge in [-0.05, 0) is 51.6 Å². The molecule has 0 spiro atoms. The molecule has 1 aliphatic rings.